The van der Waals surface area contributed by atoms with E-state index in [1.54, 1.807) is 16.7 Å². The van der Waals surface area contributed by atoms with E-state index in [-0.39, 0.29) is 11.8 Å². The van der Waals surface area contributed by atoms with Crippen LogP contribution in [0.4, 0.5) is 5.69 Å². The number of hydrogen-bond donors (Lipinski definition) is 1. The third kappa shape index (κ3) is 3.75. The van der Waals surface area contributed by atoms with Crippen molar-refractivity contribution in [3.05, 3.63) is 30.5 Å². The normalized spacial score (nSPS) is 17.7. The molecular formula is C20H27N3O2S. The molecule has 1 aliphatic rings. The highest BCUT2D eigenvalue weighted by Gasteiger charge is 2.39. The number of aromatic nitrogens is 1. The van der Waals surface area contributed by atoms with Gasteiger partial charge in [0.25, 0.3) is 0 Å². The van der Waals surface area contributed by atoms with Crippen molar-refractivity contribution in [1.82, 2.24) is 9.47 Å². The number of benzene rings is 1. The highest BCUT2D eigenvalue weighted by atomic mass is 32.2. The van der Waals surface area contributed by atoms with E-state index in [9.17, 15) is 9.59 Å². The molecule has 2 amide bonds. The molecule has 0 spiro atoms. The number of nitrogens with zero attached hydrogens (tertiary/aromatic N) is 2. The summed E-state index contributed by atoms with van der Waals surface area (Å²) < 4.78 is 2.22. The van der Waals surface area contributed by atoms with Crippen LogP contribution >= 0.6 is 11.8 Å². The molecule has 2 heterocycles. The first-order chi connectivity index (χ1) is 12.3. The lowest BCUT2D eigenvalue weighted by Crippen LogP contribution is -2.48. The lowest BCUT2D eigenvalue weighted by Gasteiger charge is -2.29. The van der Waals surface area contributed by atoms with Crippen LogP contribution in [0.1, 0.15) is 34.1 Å². The van der Waals surface area contributed by atoms with Crippen LogP contribution in [0.5, 0.6) is 0 Å². The van der Waals surface area contributed by atoms with Crippen LogP contribution in [0.15, 0.2) is 30.5 Å². The number of amides is 2. The highest BCUT2D eigenvalue weighted by Crippen LogP contribution is 2.28. The van der Waals surface area contributed by atoms with Crippen molar-refractivity contribution in [2.45, 2.75) is 46.7 Å². The van der Waals surface area contributed by atoms with Gasteiger partial charge in [0, 0.05) is 40.5 Å². The summed E-state index contributed by atoms with van der Waals surface area (Å²) in [4.78, 5) is 27.1. The van der Waals surface area contributed by atoms with Gasteiger partial charge in [-0.15, -0.1) is 11.8 Å². The summed E-state index contributed by atoms with van der Waals surface area (Å²) >= 11 is 1.63. The first-order valence-corrected chi connectivity index (χ1v) is 10.3. The maximum atomic E-state index is 12.8. The van der Waals surface area contributed by atoms with Crippen LogP contribution in [0, 0.1) is 5.41 Å². The third-order valence-electron chi connectivity index (χ3n) is 4.59. The van der Waals surface area contributed by atoms with Crippen molar-refractivity contribution < 1.29 is 9.59 Å². The average Bonchev–Trinajstić information content (AvgIpc) is 3.21. The van der Waals surface area contributed by atoms with E-state index >= 15 is 0 Å². The summed E-state index contributed by atoms with van der Waals surface area (Å²) in [6.07, 6.45) is 3.16. The molecule has 6 heteroatoms. The summed E-state index contributed by atoms with van der Waals surface area (Å²) in [6.45, 7) is 8.82. The molecule has 0 radical (unpaired) electrons. The van der Waals surface area contributed by atoms with Crippen molar-refractivity contribution in [2.24, 2.45) is 5.41 Å². The fourth-order valence-corrected chi connectivity index (χ4v) is 4.38. The Labute approximate surface area is 159 Å². The van der Waals surface area contributed by atoms with Crippen molar-refractivity contribution in [3.63, 3.8) is 0 Å². The Morgan fingerprint density at radius 3 is 2.73 bits per heavy atom. The Morgan fingerprint density at radius 1 is 1.27 bits per heavy atom. The van der Waals surface area contributed by atoms with E-state index in [2.05, 4.69) is 29.1 Å². The number of carbonyl (C=O) groups excluding carboxylic acids is 2. The molecule has 1 aromatic heterocycles. The second kappa shape index (κ2) is 7.35. The van der Waals surface area contributed by atoms with Crippen molar-refractivity contribution in [3.8, 4) is 0 Å². The number of anilines is 1. The summed E-state index contributed by atoms with van der Waals surface area (Å²) in [5.74, 6) is 1.13. The third-order valence-corrected chi connectivity index (χ3v) is 5.60. The predicted molar refractivity (Wildman–Crippen MR) is 108 cm³/mol. The summed E-state index contributed by atoms with van der Waals surface area (Å²) in [5.41, 5.74) is 1.47. The SMILES string of the molecule is CCCn1ccc2cc(NC(=O)C3CSCN3C(=O)C(C)(C)C)ccc21. The van der Waals surface area contributed by atoms with Gasteiger partial charge in [-0.2, -0.15) is 0 Å². The Balaban J connectivity index is 1.75. The van der Waals surface area contributed by atoms with Gasteiger partial charge < -0.3 is 14.8 Å². The van der Waals surface area contributed by atoms with E-state index in [0.29, 0.717) is 11.6 Å². The first-order valence-electron chi connectivity index (χ1n) is 9.10. The zero-order valence-corrected chi connectivity index (χ0v) is 16.7. The van der Waals surface area contributed by atoms with Gasteiger partial charge in [-0.3, -0.25) is 9.59 Å². The van der Waals surface area contributed by atoms with E-state index in [1.165, 1.54) is 5.52 Å². The molecular weight excluding hydrogens is 346 g/mol. The number of fused-ring (bicyclic) bond motifs is 1. The lowest BCUT2D eigenvalue weighted by molar-refractivity contribution is -0.143. The zero-order chi connectivity index (χ0) is 18.9. The van der Waals surface area contributed by atoms with Gasteiger partial charge >= 0.3 is 0 Å². The second-order valence-corrected chi connectivity index (χ2v) is 8.81. The van der Waals surface area contributed by atoms with Crippen LogP contribution in [0.3, 0.4) is 0 Å². The minimum absolute atomic E-state index is 0.0229. The van der Waals surface area contributed by atoms with Crippen molar-refractivity contribution in [2.75, 3.05) is 16.9 Å². The van der Waals surface area contributed by atoms with E-state index in [0.717, 1.165) is 24.0 Å². The molecule has 2 aromatic rings. The molecule has 1 atom stereocenters. The Hall–Kier alpha value is -1.95. The van der Waals surface area contributed by atoms with Gasteiger partial charge in [0.15, 0.2) is 0 Å². The van der Waals surface area contributed by atoms with Gasteiger partial charge in [-0.05, 0) is 30.7 Å². The van der Waals surface area contributed by atoms with Gasteiger partial charge in [-0.1, -0.05) is 27.7 Å². The number of hydrogen-bond acceptors (Lipinski definition) is 3. The van der Waals surface area contributed by atoms with Crippen LogP contribution in [0.2, 0.25) is 0 Å². The fourth-order valence-electron chi connectivity index (χ4n) is 3.23. The number of carbonyl (C=O) groups is 2. The molecule has 1 saturated heterocycles. The molecule has 1 unspecified atom stereocenters. The number of nitrogens with one attached hydrogen (secondary N) is 1. The van der Waals surface area contributed by atoms with E-state index in [1.807, 2.05) is 39.0 Å². The molecule has 3 rings (SSSR count). The fraction of sp³-hybridized carbons (Fsp3) is 0.500. The molecule has 140 valence electrons. The maximum Gasteiger partial charge on any atom is 0.248 e. The molecule has 5 nitrogen and oxygen atoms in total. The largest absolute Gasteiger partial charge is 0.347 e. The first kappa shape index (κ1) is 18.8. The minimum Gasteiger partial charge on any atom is -0.347 e. The van der Waals surface area contributed by atoms with Gasteiger partial charge in [-0.25, -0.2) is 0 Å². The minimum atomic E-state index is -0.482. The summed E-state index contributed by atoms with van der Waals surface area (Å²) in [7, 11) is 0. The molecule has 0 saturated carbocycles. The molecule has 1 aliphatic heterocycles. The number of rotatable bonds is 4. The molecule has 0 bridgehead atoms. The monoisotopic (exact) mass is 373 g/mol. The zero-order valence-electron chi connectivity index (χ0n) is 15.9. The van der Waals surface area contributed by atoms with Crippen LogP contribution in [0.25, 0.3) is 10.9 Å². The van der Waals surface area contributed by atoms with E-state index in [4.69, 9.17) is 0 Å². The smallest absolute Gasteiger partial charge is 0.248 e. The quantitative estimate of drug-likeness (QED) is 0.883. The lowest BCUT2D eigenvalue weighted by atomic mass is 9.94. The summed E-state index contributed by atoms with van der Waals surface area (Å²) in [6, 6.07) is 7.64. The number of aryl methyl sites for hydroxylation is 1. The van der Waals surface area contributed by atoms with Crippen molar-refractivity contribution >= 4 is 40.2 Å². The number of thioether (sulfide) groups is 1. The highest BCUT2D eigenvalue weighted by molar-refractivity contribution is 7.99. The van der Waals surface area contributed by atoms with Crippen LogP contribution in [-0.2, 0) is 16.1 Å². The summed E-state index contributed by atoms with van der Waals surface area (Å²) in [5, 5.41) is 4.11. The Morgan fingerprint density at radius 2 is 2.04 bits per heavy atom. The average molecular weight is 374 g/mol. The van der Waals surface area contributed by atoms with Crippen molar-refractivity contribution in [1.29, 1.82) is 0 Å². The predicted octanol–water partition coefficient (Wildman–Crippen LogP) is 3.94. The molecule has 1 fully saturated rings. The molecule has 0 aliphatic carbocycles. The maximum absolute atomic E-state index is 12.8. The standard InChI is InChI=1S/C20H27N3O2S/c1-5-9-22-10-8-14-11-15(6-7-16(14)22)21-18(24)17-12-26-13-23(17)19(25)20(2,3)4/h6-8,10-11,17H,5,9,12-13H2,1-4H3,(H,21,24). The Kier molecular flexibility index (Phi) is 5.32. The van der Waals surface area contributed by atoms with Gasteiger partial charge in [0.2, 0.25) is 11.8 Å². The molecule has 26 heavy (non-hydrogen) atoms. The molecule has 1 aromatic carbocycles. The van der Waals surface area contributed by atoms with Gasteiger partial charge in [0.05, 0.1) is 5.88 Å². The van der Waals surface area contributed by atoms with Gasteiger partial charge in [0.1, 0.15) is 6.04 Å². The molecule has 1 N–H and O–H groups in total. The van der Waals surface area contributed by atoms with E-state index < -0.39 is 11.5 Å². The van der Waals surface area contributed by atoms with Crippen LogP contribution < -0.4 is 5.32 Å². The van der Waals surface area contributed by atoms with Crippen LogP contribution in [-0.4, -0.2) is 39.0 Å². The second-order valence-electron chi connectivity index (χ2n) is 7.81. The topological polar surface area (TPSA) is 54.3 Å². The Bertz CT molecular complexity index is 822.